The molecule has 0 aliphatic carbocycles. The number of fused-ring (bicyclic) bond motifs is 11. The molecule has 123 heavy (non-hydrogen) atoms. The molecule has 16 atom stereocenters. The first-order valence-electron chi connectivity index (χ1n) is 42.0. The third-order valence-electron chi connectivity index (χ3n) is 23.9. The number of alkyl carbamates (subject to hydrolysis) is 3. The molecule has 2 aromatic rings. The number of carbonyl (C=O) groups excluding carboxylic acids is 11. The lowest BCUT2D eigenvalue weighted by Crippen LogP contribution is -2.72. The Morgan fingerprint density at radius 2 is 1.07 bits per heavy atom. The van der Waals surface area contributed by atoms with E-state index in [0.717, 1.165) is 22.3 Å². The molecule has 682 valence electrons. The maximum absolute atomic E-state index is 14.5. The number of allylic oxidation sites excluding steroid dienone is 6. The van der Waals surface area contributed by atoms with Crippen LogP contribution in [0, 0.1) is 5.92 Å². The average molecular weight is 1770 g/mol. The molecule has 7 aliphatic heterocycles. The number of halogens is 2. The van der Waals surface area contributed by atoms with Crippen molar-refractivity contribution in [3.63, 3.8) is 0 Å². The van der Waals surface area contributed by atoms with Gasteiger partial charge in [-0.05, 0) is 156 Å². The highest BCUT2D eigenvalue weighted by Gasteiger charge is 2.66. The smallest absolute Gasteiger partial charge is 0.409 e. The molecule has 7 N–H and O–H groups in total. The Balaban J connectivity index is 0.781. The monoisotopic (exact) mass is 1760 g/mol. The molecule has 5 unspecified atom stereocenters. The minimum Gasteiger partial charge on any atom is -0.495 e. The van der Waals surface area contributed by atoms with Gasteiger partial charge in [0.15, 0.2) is 11.4 Å². The lowest BCUT2D eigenvalue weighted by atomic mass is 9.72. The van der Waals surface area contributed by atoms with Crippen LogP contribution in [0.25, 0.3) is 0 Å². The molecule has 4 fully saturated rings. The second-order valence-corrected chi connectivity index (χ2v) is 35.6. The van der Waals surface area contributed by atoms with Crippen molar-refractivity contribution in [3.05, 3.63) is 93.0 Å². The Morgan fingerprint density at radius 1 is 0.634 bits per heavy atom. The van der Waals surface area contributed by atoms with Gasteiger partial charge in [-0.1, -0.05) is 90.6 Å². The number of amides is 9. The number of ether oxygens (including phenoxy) is 11. The molecular formula is C88H127Cl2N9O24. The number of nitrogens with zero attached hydrogens (tertiary/aromatic N) is 4. The van der Waals surface area contributed by atoms with Crippen LogP contribution in [-0.4, -0.2) is 250 Å². The molecule has 4 saturated heterocycles. The Hall–Kier alpha value is -9.09. The first-order chi connectivity index (χ1) is 57.7. The molecule has 0 aromatic heterocycles. The Kier molecular flexibility index (Phi) is 34.5. The first-order valence-corrected chi connectivity index (χ1v) is 42.7. The molecule has 33 nitrogen and oxygen atoms in total. The molecule has 2 aromatic carbocycles. The van der Waals surface area contributed by atoms with Crippen molar-refractivity contribution < 1.29 is 115 Å². The molecule has 35 heteroatoms. The summed E-state index contributed by atoms with van der Waals surface area (Å²) in [5.74, 6) is -3.98. The summed E-state index contributed by atoms with van der Waals surface area (Å²) in [5.41, 5.74) is -4.69. The van der Waals surface area contributed by atoms with Gasteiger partial charge in [0.2, 0.25) is 35.4 Å². The molecular weight excluding hydrogens is 1640 g/mol. The van der Waals surface area contributed by atoms with E-state index in [4.69, 9.17) is 75.3 Å². The Bertz CT molecular complexity index is 4140. The van der Waals surface area contributed by atoms with Crippen LogP contribution in [0.1, 0.15) is 196 Å². The van der Waals surface area contributed by atoms with Crippen LogP contribution < -0.4 is 45.9 Å². The normalized spacial score (nSPS) is 28.9. The highest BCUT2D eigenvalue weighted by molar-refractivity contribution is 6.36. The van der Waals surface area contributed by atoms with Crippen molar-refractivity contribution in [1.82, 2.24) is 36.4 Å². The molecule has 9 rings (SSSR count). The minimum atomic E-state index is -1.94. The topological polar surface area (TPSA) is 406 Å². The van der Waals surface area contributed by atoms with E-state index in [1.807, 2.05) is 26.0 Å². The number of benzene rings is 2. The van der Waals surface area contributed by atoms with Gasteiger partial charge in [0.05, 0.1) is 44.5 Å². The van der Waals surface area contributed by atoms with E-state index in [1.165, 1.54) is 76.0 Å². The van der Waals surface area contributed by atoms with Gasteiger partial charge < -0.3 is 97.9 Å². The van der Waals surface area contributed by atoms with E-state index in [2.05, 4.69) is 26.6 Å². The molecule has 0 radical (unpaired) electrons. The van der Waals surface area contributed by atoms with Gasteiger partial charge in [-0.15, -0.1) is 0 Å². The van der Waals surface area contributed by atoms with Crippen molar-refractivity contribution in [2.45, 2.75) is 293 Å². The van der Waals surface area contributed by atoms with E-state index in [-0.39, 0.29) is 105 Å². The summed E-state index contributed by atoms with van der Waals surface area (Å²) < 4.78 is 65.1. The number of methoxy groups -OCH3 is 4. The highest BCUT2D eigenvalue weighted by atomic mass is 35.5. The van der Waals surface area contributed by atoms with E-state index < -0.39 is 155 Å². The van der Waals surface area contributed by atoms with Crippen LogP contribution in [0.4, 0.5) is 25.8 Å². The highest BCUT2D eigenvalue weighted by Crippen LogP contribution is 2.52. The fourth-order valence-electron chi connectivity index (χ4n) is 16.2. The number of esters is 2. The van der Waals surface area contributed by atoms with E-state index >= 15 is 0 Å². The lowest BCUT2D eigenvalue weighted by Gasteiger charge is -2.59. The quantitative estimate of drug-likeness (QED) is 0.0172. The minimum absolute atomic E-state index is 0.000414. The van der Waals surface area contributed by atoms with E-state index in [1.54, 1.807) is 111 Å². The molecule has 0 saturated carbocycles. The number of hydrogen-bond acceptors (Lipinski definition) is 24. The summed E-state index contributed by atoms with van der Waals surface area (Å²) in [7, 11) is 11.8. The van der Waals surface area contributed by atoms with Crippen LogP contribution >= 0.6 is 23.2 Å². The van der Waals surface area contributed by atoms with Crippen LogP contribution in [-0.2, 0) is 93.8 Å². The molecule has 9 amide bonds. The zero-order chi connectivity index (χ0) is 91.0. The van der Waals surface area contributed by atoms with Crippen molar-refractivity contribution in [2.75, 3.05) is 79.5 Å². The lowest BCUT2D eigenvalue weighted by molar-refractivity contribution is -0.328. The second-order valence-electron chi connectivity index (χ2n) is 34.8. The van der Waals surface area contributed by atoms with Crippen molar-refractivity contribution >= 4 is 100 Å². The van der Waals surface area contributed by atoms with Gasteiger partial charge in [-0.3, -0.25) is 39.4 Å². The van der Waals surface area contributed by atoms with E-state index in [0.29, 0.717) is 74.2 Å². The summed E-state index contributed by atoms with van der Waals surface area (Å²) in [6.45, 7) is 19.3. The number of nitrogens with one attached hydrogen (secondary N) is 5. The van der Waals surface area contributed by atoms with Crippen LogP contribution in [0.2, 0.25) is 10.0 Å². The van der Waals surface area contributed by atoms with Crippen molar-refractivity contribution in [1.29, 1.82) is 0 Å². The largest absolute Gasteiger partial charge is 0.495 e. The van der Waals surface area contributed by atoms with Crippen LogP contribution in [0.3, 0.4) is 0 Å². The number of carbonyl (C=O) groups is 11. The Labute approximate surface area is 730 Å². The summed E-state index contributed by atoms with van der Waals surface area (Å²) in [6, 6.07) is 4.15. The summed E-state index contributed by atoms with van der Waals surface area (Å²) in [4.78, 5) is 156. The van der Waals surface area contributed by atoms with Gasteiger partial charge >= 0.3 is 30.2 Å². The summed E-state index contributed by atoms with van der Waals surface area (Å²) in [6.07, 6.45) is 3.65. The molecule has 7 heterocycles. The zero-order valence-electron chi connectivity index (χ0n) is 74.4. The number of anilines is 2. The Morgan fingerprint density at radius 3 is 1.52 bits per heavy atom. The molecule has 7 aliphatic rings. The number of unbranched alkanes of at least 4 members (excludes halogenated alkanes) is 4. The number of aliphatic hydroxyl groups is 2. The SMILES string of the molecule is COc1cc2cc(c1Cl)N(C)C(=O)C[C@H](OC(=O)[C@H](C)N(C)C(=O)CCCCCNC(=O)CCC(CCC(=O)NCCCCCC(=O)N(C)[C@@H](C)C(=O)O[C@H]1CC(=O)N(C)c3cc(cc(OC)c3Cl)C/C(C)=C/C=C/[C@@H](OC)[C@@]3(O)CC(OC(=O)N3)[C@@H](C)C3O[C@]31C)NC(=O)OC(C)(C)C)[C@@]1(C)CC(C)(O1)C1C[C@@](O)(NC(=O)O1)[C@H](OC)/C=C/C=C(\C)C2. The number of epoxide rings is 1. The number of hydrogen-bond donors (Lipinski definition) is 7. The van der Waals surface area contributed by atoms with E-state index in [9.17, 15) is 63.0 Å². The number of rotatable bonds is 29. The fourth-order valence-corrected chi connectivity index (χ4v) is 16.9. The second kappa shape index (κ2) is 42.7. The third-order valence-corrected chi connectivity index (χ3v) is 24.7. The van der Waals surface area contributed by atoms with Gasteiger partial charge in [-0.2, -0.15) is 0 Å². The first kappa shape index (κ1) is 99.3. The third kappa shape index (κ3) is 26.0. The van der Waals surface area contributed by atoms with Gasteiger partial charge in [0.1, 0.15) is 92.7 Å². The molecule has 0 spiro atoms. The van der Waals surface area contributed by atoms with Gasteiger partial charge in [0, 0.05) is 112 Å². The predicted octanol–water partition coefficient (Wildman–Crippen LogP) is 9.99. The van der Waals surface area contributed by atoms with Crippen LogP contribution in [0.5, 0.6) is 11.5 Å². The maximum Gasteiger partial charge on any atom is 0.409 e. The predicted molar refractivity (Wildman–Crippen MR) is 457 cm³/mol. The fraction of sp³-hybridized carbons (Fsp3) is 0.648. The van der Waals surface area contributed by atoms with Gasteiger partial charge in [0.25, 0.3) is 0 Å². The standard InChI is InChI=1S/C88H127Cl2N9O24/c1-51-28-26-30-64(115-18)87(111)48-63(117-81(109)94-87)53(3)77-86(11,121-77)67(47-74(105)99(15)60-43-57(40-51)45-62(114-17)76(60)90)119-79(107)55(5)97(13)72(103)33-23-21-25-39-92-70(101)37-35-58(93-80(108)122-83(6,7)8)34-36-69(100)91-38-24-20-22-32-71(102)96(12)54(4)78(106)118-66-46-73(104)98(14)59-42-56(44-61(113-16)75(59)89)41-52(2)29-27-31-65(116-19)88(112)49-68(120-82(110)95-88)85(10)50-84(66,9)123-85/h26-31,42-45,53-55,58,63-68,77,111-112H,20-25,32-41,46-50H2,1-19H3,(H,91,100)(H,92,101)(H,93,108)(H,94,109)(H,95,110)/b30-26+,31-27+,51-28+,52-29+/t53-,54+,55+,58?,63?,64-,65-,66+,67+,68?,77?,84-,85?,86+,87+,88+/m1/s1. The summed E-state index contributed by atoms with van der Waals surface area (Å²) in [5, 5.41) is 37.9. The van der Waals surface area contributed by atoms with Crippen molar-refractivity contribution in [3.8, 4) is 11.5 Å². The van der Waals surface area contributed by atoms with Crippen molar-refractivity contribution in [2.24, 2.45) is 5.92 Å². The van der Waals surface area contributed by atoms with Crippen LogP contribution in [0.15, 0.2) is 71.9 Å². The van der Waals surface area contributed by atoms with Gasteiger partial charge in [-0.25, -0.2) is 24.0 Å². The number of likely N-dealkylation sites (N-methyl/N-ethyl adjacent to an activating group) is 2. The average Bonchev–Trinajstić information content (AvgIpc) is 1.70. The summed E-state index contributed by atoms with van der Waals surface area (Å²) >= 11 is 13.7. The zero-order valence-corrected chi connectivity index (χ0v) is 75.9. The maximum atomic E-state index is 14.5. The molecule has 10 bridgehead atoms.